The number of rotatable bonds is 4. The lowest BCUT2D eigenvalue weighted by Crippen LogP contribution is -1.86. The summed E-state index contributed by atoms with van der Waals surface area (Å²) in [6, 6.07) is 6.11. The zero-order valence-corrected chi connectivity index (χ0v) is 10.4. The van der Waals surface area contributed by atoms with Crippen LogP contribution in [0.5, 0.6) is 0 Å². The second-order valence-corrected chi connectivity index (χ2v) is 4.88. The van der Waals surface area contributed by atoms with Gasteiger partial charge in [0, 0.05) is 22.8 Å². The smallest absolute Gasteiger partial charge is 0.123 e. The predicted molar refractivity (Wildman–Crippen MR) is 71.6 cm³/mol. The Hall–Kier alpha value is -2.01. The maximum absolute atomic E-state index is 10.3. The third kappa shape index (κ3) is 2.04. The number of benzene rings is 1. The molecule has 0 fully saturated rings. The maximum atomic E-state index is 10.3. The number of carbonyl (C=O) groups excluding carboxylic acids is 1. The quantitative estimate of drug-likeness (QED) is 0.731. The second-order valence-electron chi connectivity index (χ2n) is 4.02. The average Bonchev–Trinajstić information content (AvgIpc) is 3.04. The largest absolute Gasteiger partial charge is 0.303 e. The summed E-state index contributed by atoms with van der Waals surface area (Å²) in [5.74, 6) is 0. The number of aldehydes is 1. The van der Waals surface area contributed by atoms with Crippen LogP contribution >= 0.6 is 11.3 Å². The molecule has 1 N–H and O–H groups in total. The van der Waals surface area contributed by atoms with E-state index in [9.17, 15) is 4.79 Å². The van der Waals surface area contributed by atoms with Gasteiger partial charge in [0.05, 0.1) is 17.4 Å². The maximum Gasteiger partial charge on any atom is 0.123 e. The van der Waals surface area contributed by atoms with Crippen molar-refractivity contribution in [3.05, 3.63) is 35.5 Å². The lowest BCUT2D eigenvalue weighted by Gasteiger charge is -1.96. The number of hydrogen-bond donors (Lipinski definition) is 1. The van der Waals surface area contributed by atoms with Gasteiger partial charge in [0.2, 0.25) is 0 Å². The molecule has 4 nitrogen and oxygen atoms in total. The number of aromatic amines is 1. The van der Waals surface area contributed by atoms with Gasteiger partial charge in [-0.1, -0.05) is 0 Å². The number of hydrogen-bond acceptors (Lipinski definition) is 4. The molecule has 2 aromatic heterocycles. The number of H-pyrrole nitrogens is 1. The molecule has 0 atom stereocenters. The number of fused-ring (bicyclic) bond motifs is 1. The minimum atomic E-state index is 0.532. The van der Waals surface area contributed by atoms with Gasteiger partial charge in [-0.25, -0.2) is 4.98 Å². The molecule has 5 heteroatoms. The van der Waals surface area contributed by atoms with Crippen molar-refractivity contribution in [2.24, 2.45) is 0 Å². The van der Waals surface area contributed by atoms with Crippen LogP contribution in [0, 0.1) is 0 Å². The number of carbonyl (C=O) groups is 1. The van der Waals surface area contributed by atoms with E-state index in [4.69, 9.17) is 0 Å². The first-order valence-electron chi connectivity index (χ1n) is 5.68. The number of aromatic nitrogens is 3. The fourth-order valence-corrected chi connectivity index (χ4v) is 2.69. The van der Waals surface area contributed by atoms with Gasteiger partial charge in [0.15, 0.2) is 0 Å². The zero-order valence-electron chi connectivity index (χ0n) is 9.59. The van der Waals surface area contributed by atoms with E-state index in [0.29, 0.717) is 12.8 Å². The Bertz CT molecular complexity index is 686. The lowest BCUT2D eigenvalue weighted by molar-refractivity contribution is -0.107. The van der Waals surface area contributed by atoms with Crippen molar-refractivity contribution in [3.63, 3.8) is 0 Å². The minimum absolute atomic E-state index is 0.532. The molecule has 0 saturated carbocycles. The third-order valence-corrected chi connectivity index (χ3v) is 3.70. The summed E-state index contributed by atoms with van der Waals surface area (Å²) in [4.78, 5) is 14.9. The van der Waals surface area contributed by atoms with Gasteiger partial charge < -0.3 is 4.79 Å². The van der Waals surface area contributed by atoms with E-state index < -0.39 is 0 Å². The molecule has 0 aliphatic carbocycles. The molecule has 1 aromatic carbocycles. The summed E-state index contributed by atoms with van der Waals surface area (Å²) in [6.45, 7) is 0. The highest BCUT2D eigenvalue weighted by atomic mass is 32.1. The molecule has 0 spiro atoms. The molecule has 0 aliphatic rings. The second kappa shape index (κ2) is 4.70. The van der Waals surface area contributed by atoms with Crippen molar-refractivity contribution in [1.29, 1.82) is 0 Å². The van der Waals surface area contributed by atoms with E-state index in [1.807, 2.05) is 17.5 Å². The summed E-state index contributed by atoms with van der Waals surface area (Å²) < 4.78 is 0. The van der Waals surface area contributed by atoms with E-state index in [0.717, 1.165) is 33.5 Å². The van der Waals surface area contributed by atoms with Gasteiger partial charge in [-0.15, -0.1) is 11.3 Å². The number of aryl methyl sites for hydroxylation is 1. The van der Waals surface area contributed by atoms with Crippen LogP contribution in [0.25, 0.3) is 21.5 Å². The van der Waals surface area contributed by atoms with Crippen molar-refractivity contribution in [1.82, 2.24) is 15.2 Å². The molecule has 90 valence electrons. The van der Waals surface area contributed by atoms with Crippen LogP contribution in [-0.2, 0) is 11.2 Å². The number of thiazole rings is 1. The highest BCUT2D eigenvalue weighted by molar-refractivity contribution is 7.13. The van der Waals surface area contributed by atoms with Crippen LogP contribution in [0.15, 0.2) is 29.8 Å². The summed E-state index contributed by atoms with van der Waals surface area (Å²) >= 11 is 1.61. The molecule has 0 bridgehead atoms. The summed E-state index contributed by atoms with van der Waals surface area (Å²) in [5, 5.41) is 11.0. The third-order valence-electron chi connectivity index (χ3n) is 2.76. The van der Waals surface area contributed by atoms with Crippen molar-refractivity contribution in [2.75, 3.05) is 0 Å². The number of nitrogens with one attached hydrogen (secondary N) is 1. The zero-order chi connectivity index (χ0) is 12.4. The fourth-order valence-electron chi connectivity index (χ4n) is 1.84. The van der Waals surface area contributed by atoms with Crippen molar-refractivity contribution >= 4 is 28.5 Å². The first-order valence-corrected chi connectivity index (χ1v) is 6.56. The van der Waals surface area contributed by atoms with E-state index >= 15 is 0 Å². The highest BCUT2D eigenvalue weighted by Gasteiger charge is 2.06. The Kier molecular flexibility index (Phi) is 2.90. The van der Waals surface area contributed by atoms with Gasteiger partial charge >= 0.3 is 0 Å². The predicted octanol–water partition coefficient (Wildman–Crippen LogP) is 2.82. The number of nitrogens with zero attached hydrogens (tertiary/aromatic N) is 2. The Morgan fingerprint density at radius 3 is 3.22 bits per heavy atom. The van der Waals surface area contributed by atoms with E-state index in [2.05, 4.69) is 21.2 Å². The van der Waals surface area contributed by atoms with Gasteiger partial charge in [-0.2, -0.15) is 5.10 Å². The lowest BCUT2D eigenvalue weighted by atomic mass is 10.2. The molecule has 0 unspecified atom stereocenters. The Labute approximate surface area is 108 Å². The molecule has 0 radical (unpaired) electrons. The average molecular weight is 257 g/mol. The van der Waals surface area contributed by atoms with Crippen molar-refractivity contribution in [3.8, 4) is 10.6 Å². The van der Waals surface area contributed by atoms with Gasteiger partial charge in [-0.05, 0) is 24.6 Å². The topological polar surface area (TPSA) is 58.6 Å². The molecule has 2 heterocycles. The van der Waals surface area contributed by atoms with Crippen LogP contribution in [-0.4, -0.2) is 21.5 Å². The van der Waals surface area contributed by atoms with Gasteiger partial charge in [-0.3, -0.25) is 5.10 Å². The Morgan fingerprint density at radius 1 is 1.39 bits per heavy atom. The Balaban J connectivity index is 1.92. The van der Waals surface area contributed by atoms with Crippen LogP contribution in [0.1, 0.15) is 12.1 Å². The van der Waals surface area contributed by atoms with E-state index in [1.165, 1.54) is 0 Å². The first-order chi connectivity index (χ1) is 8.86. The first kappa shape index (κ1) is 11.1. The highest BCUT2D eigenvalue weighted by Crippen LogP contribution is 2.26. The minimum Gasteiger partial charge on any atom is -0.303 e. The fraction of sp³-hybridized carbons (Fsp3) is 0.154. The van der Waals surface area contributed by atoms with E-state index in [1.54, 1.807) is 17.5 Å². The summed E-state index contributed by atoms with van der Waals surface area (Å²) in [5.41, 5.74) is 3.09. The molecular weight excluding hydrogens is 246 g/mol. The van der Waals surface area contributed by atoms with E-state index in [-0.39, 0.29) is 0 Å². The standard InChI is InChI=1S/C13H11N3OS/c17-5-1-2-11-8-18-13(15-11)9-3-4-12-10(6-9)7-14-16-12/h3-8H,1-2H2,(H,14,16). The molecular formula is C13H11N3OS. The van der Waals surface area contributed by atoms with Crippen molar-refractivity contribution < 1.29 is 4.79 Å². The normalized spacial score (nSPS) is 10.9. The van der Waals surface area contributed by atoms with Crippen molar-refractivity contribution in [2.45, 2.75) is 12.8 Å². The molecule has 0 saturated heterocycles. The SMILES string of the molecule is O=CCCc1csc(-c2ccc3[nH]ncc3c2)n1. The molecule has 18 heavy (non-hydrogen) atoms. The summed E-state index contributed by atoms with van der Waals surface area (Å²) in [6.07, 6.45) is 3.98. The molecule has 0 aliphatic heterocycles. The van der Waals surface area contributed by atoms with Crippen LogP contribution < -0.4 is 0 Å². The van der Waals surface area contributed by atoms with Crippen LogP contribution in [0.4, 0.5) is 0 Å². The molecule has 3 aromatic rings. The van der Waals surface area contributed by atoms with Crippen LogP contribution in [0.2, 0.25) is 0 Å². The van der Waals surface area contributed by atoms with Gasteiger partial charge in [0.1, 0.15) is 11.3 Å². The van der Waals surface area contributed by atoms with Gasteiger partial charge in [0.25, 0.3) is 0 Å². The Morgan fingerprint density at radius 2 is 2.33 bits per heavy atom. The van der Waals surface area contributed by atoms with Crippen LogP contribution in [0.3, 0.4) is 0 Å². The monoisotopic (exact) mass is 257 g/mol. The summed E-state index contributed by atoms with van der Waals surface area (Å²) in [7, 11) is 0. The molecule has 0 amide bonds. The molecule has 3 rings (SSSR count).